The zero-order chi connectivity index (χ0) is 25.7. The van der Waals surface area contributed by atoms with E-state index in [1.165, 1.54) is 19.1 Å². The number of carbonyl (C=O) groups excluding carboxylic acids is 1. The zero-order valence-electron chi connectivity index (χ0n) is 20.0. The molecule has 1 aromatic heterocycles. The topological polar surface area (TPSA) is 71.2 Å². The summed E-state index contributed by atoms with van der Waals surface area (Å²) >= 11 is 1.58. The van der Waals surface area contributed by atoms with E-state index in [9.17, 15) is 23.1 Å². The van der Waals surface area contributed by atoms with Crippen LogP contribution in [0.4, 0.5) is 13.2 Å². The number of rotatable bonds is 8. The molecule has 0 radical (unpaired) electrons. The van der Waals surface area contributed by atoms with Gasteiger partial charge in [-0.25, -0.2) is 0 Å². The molecule has 3 aromatic rings. The van der Waals surface area contributed by atoms with Gasteiger partial charge >= 0.3 is 6.18 Å². The average Bonchev–Trinajstić information content (AvgIpc) is 3.21. The smallest absolute Gasteiger partial charge is 0.416 e. The molecule has 1 aliphatic carbocycles. The molecule has 6 nitrogen and oxygen atoms in total. The van der Waals surface area contributed by atoms with Crippen LogP contribution in [0.15, 0.2) is 47.6 Å². The lowest BCUT2D eigenvalue weighted by Crippen LogP contribution is -2.28. The number of phenols is 1. The summed E-state index contributed by atoms with van der Waals surface area (Å²) in [5.41, 5.74) is 1.53. The Bertz CT molecular complexity index is 1290. The molecule has 1 aliphatic heterocycles. The Labute approximate surface area is 211 Å². The summed E-state index contributed by atoms with van der Waals surface area (Å²) in [5.74, 6) is 1.88. The van der Waals surface area contributed by atoms with Crippen LogP contribution in [0.1, 0.15) is 41.3 Å². The van der Waals surface area contributed by atoms with E-state index in [0.29, 0.717) is 22.9 Å². The van der Waals surface area contributed by atoms with Crippen LogP contribution >= 0.6 is 11.8 Å². The van der Waals surface area contributed by atoms with Crippen LogP contribution in [0.5, 0.6) is 5.75 Å². The number of thioether (sulfide) groups is 1. The number of piperidine rings is 1. The molecule has 2 fully saturated rings. The summed E-state index contributed by atoms with van der Waals surface area (Å²) in [5, 5.41) is 19.1. The number of likely N-dealkylation sites (tertiary alicyclic amines) is 1. The van der Waals surface area contributed by atoms with Crippen molar-refractivity contribution in [3.05, 3.63) is 59.2 Å². The molecular formula is C26H27F3N4O2S. The number of aromatic hydroxyl groups is 1. The second kappa shape index (κ2) is 9.23. The van der Waals surface area contributed by atoms with E-state index < -0.39 is 11.7 Å². The highest BCUT2D eigenvalue weighted by molar-refractivity contribution is 7.99. The number of fused-ring (bicyclic) bond motifs is 1. The van der Waals surface area contributed by atoms with E-state index in [1.54, 1.807) is 17.8 Å². The van der Waals surface area contributed by atoms with Crippen LogP contribution in [0.25, 0.3) is 11.4 Å². The van der Waals surface area contributed by atoms with Crippen LogP contribution in [0.2, 0.25) is 0 Å². The predicted octanol–water partition coefficient (Wildman–Crippen LogP) is 5.16. The number of halogens is 3. The molecule has 2 aromatic carbocycles. The molecule has 10 heteroatoms. The van der Waals surface area contributed by atoms with Gasteiger partial charge in [-0.3, -0.25) is 4.79 Å². The second-order valence-electron chi connectivity index (χ2n) is 9.72. The molecule has 1 saturated carbocycles. The summed E-state index contributed by atoms with van der Waals surface area (Å²) < 4.78 is 40.3. The standard InChI is InChI=1S/C26H27F3N4O2S/c1-16(34)21-12-19(8-9-22(21)35)25-13-20(25)14-33(15-25)10-3-11-36-24-31-30-23(32(24)2)17-4-6-18(7-5-17)26(27,28)29/h4-9,12,20,35H,3,10-11,13-15H2,1-2H3/t20-,25-/m0/s1. The number of nitrogens with zero attached hydrogens (tertiary/aromatic N) is 4. The van der Waals surface area contributed by atoms with Crippen molar-refractivity contribution in [3.63, 3.8) is 0 Å². The van der Waals surface area contributed by atoms with Gasteiger partial charge < -0.3 is 14.6 Å². The SMILES string of the molecule is CC(=O)c1cc([C@@]23C[C@H]2CN(CCCSc2nnc(-c4ccc(C(F)(F)F)cc4)n2C)C3)ccc1O. The molecule has 190 valence electrons. The maximum Gasteiger partial charge on any atom is 0.416 e. The van der Waals surface area contributed by atoms with Crippen LogP contribution in [0, 0.1) is 5.92 Å². The Balaban J connectivity index is 1.14. The van der Waals surface area contributed by atoms with E-state index in [-0.39, 0.29) is 16.9 Å². The van der Waals surface area contributed by atoms with Gasteiger partial charge in [0.05, 0.1) is 11.1 Å². The summed E-state index contributed by atoms with van der Waals surface area (Å²) in [4.78, 5) is 14.3. The molecule has 36 heavy (non-hydrogen) atoms. The Morgan fingerprint density at radius 1 is 1.19 bits per heavy atom. The highest BCUT2D eigenvalue weighted by atomic mass is 32.2. The maximum absolute atomic E-state index is 12.8. The molecular weight excluding hydrogens is 489 g/mol. The Kier molecular flexibility index (Phi) is 6.36. The number of hydrogen-bond acceptors (Lipinski definition) is 6. The van der Waals surface area contributed by atoms with E-state index in [2.05, 4.69) is 15.1 Å². The lowest BCUT2D eigenvalue weighted by Gasteiger charge is -2.21. The van der Waals surface area contributed by atoms with Gasteiger partial charge in [-0.2, -0.15) is 13.2 Å². The van der Waals surface area contributed by atoms with Crippen LogP contribution in [0.3, 0.4) is 0 Å². The van der Waals surface area contributed by atoms with Gasteiger partial charge in [-0.05, 0) is 62.1 Å². The first kappa shape index (κ1) is 24.8. The fraction of sp³-hybridized carbons (Fsp3) is 0.423. The molecule has 1 saturated heterocycles. The van der Waals surface area contributed by atoms with E-state index >= 15 is 0 Å². The normalized spacial score (nSPS) is 21.5. The van der Waals surface area contributed by atoms with Crippen LogP contribution < -0.4 is 0 Å². The largest absolute Gasteiger partial charge is 0.507 e. The third kappa shape index (κ3) is 4.64. The number of alkyl halides is 3. The summed E-state index contributed by atoms with van der Waals surface area (Å²) in [7, 11) is 1.82. The number of Topliss-reactive ketones (excluding diaryl/α,β-unsaturated/α-hetero) is 1. The highest BCUT2D eigenvalue weighted by Crippen LogP contribution is 2.59. The average molecular weight is 517 g/mol. The van der Waals surface area contributed by atoms with Crippen molar-refractivity contribution in [2.75, 3.05) is 25.4 Å². The van der Waals surface area contributed by atoms with Gasteiger partial charge in [-0.15, -0.1) is 10.2 Å². The molecule has 0 amide bonds. The van der Waals surface area contributed by atoms with Crippen molar-refractivity contribution in [2.24, 2.45) is 13.0 Å². The molecule has 0 unspecified atom stereocenters. The van der Waals surface area contributed by atoms with Crippen molar-refractivity contribution in [3.8, 4) is 17.1 Å². The zero-order valence-corrected chi connectivity index (χ0v) is 20.9. The molecule has 2 aliphatic rings. The van der Waals surface area contributed by atoms with Crippen LogP contribution in [-0.4, -0.2) is 55.9 Å². The monoisotopic (exact) mass is 516 g/mol. The second-order valence-corrected chi connectivity index (χ2v) is 10.8. The van der Waals surface area contributed by atoms with Crippen molar-refractivity contribution >= 4 is 17.5 Å². The fourth-order valence-electron chi connectivity index (χ4n) is 5.28. The third-order valence-electron chi connectivity index (χ3n) is 7.32. The molecule has 2 atom stereocenters. The lowest BCUT2D eigenvalue weighted by molar-refractivity contribution is -0.137. The number of ketones is 1. The number of phenolic OH excluding ortho intramolecular Hbond substituents is 1. The first-order valence-electron chi connectivity index (χ1n) is 11.8. The van der Waals surface area contributed by atoms with E-state index in [0.717, 1.165) is 61.1 Å². The predicted molar refractivity (Wildman–Crippen MR) is 131 cm³/mol. The maximum atomic E-state index is 12.8. The van der Waals surface area contributed by atoms with Gasteiger partial charge in [0.25, 0.3) is 0 Å². The summed E-state index contributed by atoms with van der Waals surface area (Å²) in [6.07, 6.45) is -2.28. The fourth-order valence-corrected chi connectivity index (χ4v) is 6.12. The lowest BCUT2D eigenvalue weighted by atomic mass is 9.92. The van der Waals surface area contributed by atoms with Gasteiger partial charge in [-0.1, -0.05) is 30.0 Å². The number of hydrogen-bond donors (Lipinski definition) is 1. The molecule has 5 rings (SSSR count). The number of aromatic nitrogens is 3. The third-order valence-corrected chi connectivity index (χ3v) is 8.43. The molecule has 0 bridgehead atoms. The molecule has 1 N–H and O–H groups in total. The quantitative estimate of drug-likeness (QED) is 0.253. The van der Waals surface area contributed by atoms with Gasteiger partial charge in [0.2, 0.25) is 0 Å². The van der Waals surface area contributed by atoms with Crippen molar-refractivity contribution in [2.45, 2.75) is 36.5 Å². The van der Waals surface area contributed by atoms with E-state index in [1.807, 2.05) is 23.7 Å². The van der Waals surface area contributed by atoms with Crippen LogP contribution in [-0.2, 0) is 18.6 Å². The number of carbonyl (C=O) groups is 1. The van der Waals surface area contributed by atoms with Crippen molar-refractivity contribution in [1.82, 2.24) is 19.7 Å². The van der Waals surface area contributed by atoms with Gasteiger partial charge in [0.1, 0.15) is 5.75 Å². The minimum absolute atomic E-state index is 0.0389. The van der Waals surface area contributed by atoms with Crippen molar-refractivity contribution < 1.29 is 23.1 Å². The Morgan fingerprint density at radius 3 is 2.64 bits per heavy atom. The first-order valence-corrected chi connectivity index (χ1v) is 12.8. The summed E-state index contributed by atoms with van der Waals surface area (Å²) in [6.45, 7) is 4.41. The Morgan fingerprint density at radius 2 is 1.94 bits per heavy atom. The minimum Gasteiger partial charge on any atom is -0.507 e. The summed E-state index contributed by atoms with van der Waals surface area (Å²) in [6, 6.07) is 10.4. The number of benzene rings is 2. The van der Waals surface area contributed by atoms with E-state index in [4.69, 9.17) is 0 Å². The van der Waals surface area contributed by atoms with Gasteiger partial charge in [0.15, 0.2) is 16.8 Å². The molecule has 0 spiro atoms. The Hall–Kier alpha value is -2.85. The van der Waals surface area contributed by atoms with Crippen molar-refractivity contribution in [1.29, 1.82) is 0 Å². The molecule has 2 heterocycles. The minimum atomic E-state index is -4.36. The highest BCUT2D eigenvalue weighted by Gasteiger charge is 2.60. The van der Waals surface area contributed by atoms with Gasteiger partial charge in [0, 0.05) is 36.9 Å². The first-order chi connectivity index (χ1) is 17.1.